The van der Waals surface area contributed by atoms with Crippen LogP contribution < -0.4 is 15.4 Å². The molecule has 1 aliphatic carbocycles. The zero-order valence-electron chi connectivity index (χ0n) is 15.1. The average molecular weight is 412 g/mol. The highest BCUT2D eigenvalue weighted by Gasteiger charge is 2.41. The van der Waals surface area contributed by atoms with Gasteiger partial charge in [-0.15, -0.1) is 5.10 Å². The Kier molecular flexibility index (Phi) is 4.75. The number of nitrogens with two attached hydrogens (primary N) is 1. The van der Waals surface area contributed by atoms with Crippen LogP contribution in [0.15, 0.2) is 46.9 Å². The van der Waals surface area contributed by atoms with Gasteiger partial charge in [0.25, 0.3) is 0 Å². The summed E-state index contributed by atoms with van der Waals surface area (Å²) in [5.41, 5.74) is 8.97. The number of nitrogens with one attached hydrogen (secondary N) is 1. The molecule has 142 valence electrons. The van der Waals surface area contributed by atoms with Crippen molar-refractivity contribution in [3.05, 3.63) is 56.4 Å². The van der Waals surface area contributed by atoms with Crippen molar-refractivity contribution < 1.29 is 9.53 Å². The highest BCUT2D eigenvalue weighted by Crippen LogP contribution is 2.46. The third-order valence-corrected chi connectivity index (χ3v) is 6.03. The number of allylic oxidation sites excluding steroid dienone is 3. The van der Waals surface area contributed by atoms with Crippen LogP contribution in [0.4, 0.5) is 5.13 Å². The number of carbonyl (C=O) groups is 1. The molecule has 0 bridgehead atoms. The highest BCUT2D eigenvalue weighted by molar-refractivity contribution is 7.73. The molecule has 2 aromatic rings. The molecule has 3 N–H and O–H groups in total. The lowest BCUT2D eigenvalue weighted by molar-refractivity contribution is -0.116. The van der Waals surface area contributed by atoms with Gasteiger partial charge in [0.05, 0.1) is 24.7 Å². The number of anilines is 1. The molecule has 28 heavy (non-hydrogen) atoms. The van der Waals surface area contributed by atoms with Crippen molar-refractivity contribution in [1.29, 1.82) is 5.26 Å². The van der Waals surface area contributed by atoms with Gasteiger partial charge in [-0.1, -0.05) is 23.5 Å². The Morgan fingerprint density at radius 1 is 1.46 bits per heavy atom. The molecule has 1 aliphatic heterocycles. The van der Waals surface area contributed by atoms with Crippen LogP contribution in [-0.2, 0) is 4.79 Å². The maximum Gasteiger partial charge on any atom is 0.216 e. The van der Waals surface area contributed by atoms with Crippen LogP contribution in [0.1, 0.15) is 30.7 Å². The number of nitrogens with zero attached hydrogens (tertiary/aromatic N) is 3. The van der Waals surface area contributed by atoms with Crippen LogP contribution in [0.2, 0.25) is 0 Å². The molecule has 2 aliphatic rings. The summed E-state index contributed by atoms with van der Waals surface area (Å²) in [6, 6.07) is 9.63. The number of ketones is 1. The Hall–Kier alpha value is -2.96. The number of aromatic amines is 1. The number of Topliss-reactive ketones (excluding diaryl/α,β-unsaturated/α-hetero) is 1. The Labute approximate surface area is 170 Å². The molecule has 1 atom stereocenters. The smallest absolute Gasteiger partial charge is 0.216 e. The predicted molar refractivity (Wildman–Crippen MR) is 108 cm³/mol. The molecular weight excluding hydrogens is 394 g/mol. The van der Waals surface area contributed by atoms with E-state index >= 15 is 0 Å². The van der Waals surface area contributed by atoms with E-state index in [1.807, 2.05) is 24.3 Å². The first-order chi connectivity index (χ1) is 13.5. The van der Waals surface area contributed by atoms with E-state index in [0.717, 1.165) is 17.7 Å². The second kappa shape index (κ2) is 7.22. The molecule has 2 heterocycles. The number of hydrogen-bond acceptors (Lipinski definition) is 8. The fraction of sp³-hybridized carbons (Fsp3) is 0.263. The van der Waals surface area contributed by atoms with Gasteiger partial charge < -0.3 is 10.5 Å². The minimum atomic E-state index is -0.522. The second-order valence-electron chi connectivity index (χ2n) is 6.49. The van der Waals surface area contributed by atoms with E-state index in [1.54, 1.807) is 12.0 Å². The van der Waals surface area contributed by atoms with Crippen molar-refractivity contribution >= 4 is 34.5 Å². The number of methoxy groups -OCH3 is 1. The zero-order chi connectivity index (χ0) is 19.8. The molecule has 0 fully saturated rings. The molecule has 0 saturated carbocycles. The van der Waals surface area contributed by atoms with Crippen molar-refractivity contribution in [2.75, 3.05) is 12.0 Å². The molecule has 7 nitrogen and oxygen atoms in total. The Morgan fingerprint density at radius 3 is 2.96 bits per heavy atom. The predicted octanol–water partition coefficient (Wildman–Crippen LogP) is 3.51. The van der Waals surface area contributed by atoms with E-state index in [9.17, 15) is 10.1 Å². The lowest BCUT2D eigenvalue weighted by atomic mass is 9.76. The summed E-state index contributed by atoms with van der Waals surface area (Å²) in [5, 5.41) is 17.4. The van der Waals surface area contributed by atoms with Gasteiger partial charge in [0.2, 0.25) is 5.13 Å². The van der Waals surface area contributed by atoms with Crippen LogP contribution >= 0.6 is 23.6 Å². The molecule has 0 amide bonds. The maximum absolute atomic E-state index is 13.0. The van der Waals surface area contributed by atoms with Gasteiger partial charge in [-0.3, -0.25) is 14.8 Å². The zero-order valence-corrected chi connectivity index (χ0v) is 16.7. The first kappa shape index (κ1) is 18.4. The van der Waals surface area contributed by atoms with Crippen LogP contribution in [0.25, 0.3) is 0 Å². The van der Waals surface area contributed by atoms with Gasteiger partial charge >= 0.3 is 0 Å². The number of nitriles is 1. The quantitative estimate of drug-likeness (QED) is 0.744. The molecule has 1 aromatic carbocycles. The van der Waals surface area contributed by atoms with Crippen molar-refractivity contribution in [3.8, 4) is 11.8 Å². The van der Waals surface area contributed by atoms with Gasteiger partial charge in [0, 0.05) is 17.7 Å². The molecule has 1 unspecified atom stereocenters. The van der Waals surface area contributed by atoms with Gasteiger partial charge in [-0.05, 0) is 42.8 Å². The molecular formula is C19H17N5O2S2. The van der Waals surface area contributed by atoms with Crippen molar-refractivity contribution in [1.82, 2.24) is 10.2 Å². The summed E-state index contributed by atoms with van der Waals surface area (Å²) in [4.78, 5) is 14.7. The van der Waals surface area contributed by atoms with Crippen LogP contribution in [0, 0.1) is 15.3 Å². The van der Waals surface area contributed by atoms with E-state index in [1.165, 1.54) is 11.3 Å². The first-order valence-electron chi connectivity index (χ1n) is 8.70. The van der Waals surface area contributed by atoms with Crippen LogP contribution in [0.3, 0.4) is 0 Å². The fourth-order valence-electron chi connectivity index (χ4n) is 3.78. The Morgan fingerprint density at radius 2 is 2.29 bits per heavy atom. The van der Waals surface area contributed by atoms with Gasteiger partial charge in [0.15, 0.2) is 9.74 Å². The third-order valence-electron chi connectivity index (χ3n) is 4.96. The number of hydrogen-bond donors (Lipinski definition) is 2. The first-order valence-corrected chi connectivity index (χ1v) is 9.93. The SMILES string of the molecule is COc1cccc(C2C(C#N)=C(N)N(c3n[nH]c(=S)s3)C3=C2C(=O)CCC3)c1. The number of H-pyrrole nitrogens is 1. The van der Waals surface area contributed by atoms with Crippen LogP contribution in [0.5, 0.6) is 5.75 Å². The molecule has 0 saturated heterocycles. The summed E-state index contributed by atoms with van der Waals surface area (Å²) in [7, 11) is 1.58. The maximum atomic E-state index is 13.0. The van der Waals surface area contributed by atoms with Crippen LogP contribution in [-0.4, -0.2) is 23.1 Å². The number of carbonyl (C=O) groups excluding carboxylic acids is 1. The molecule has 9 heteroatoms. The van der Waals surface area contributed by atoms with Gasteiger partial charge in [-0.25, -0.2) is 0 Å². The second-order valence-corrected chi connectivity index (χ2v) is 8.13. The van der Waals surface area contributed by atoms with Gasteiger partial charge in [0.1, 0.15) is 11.6 Å². The number of rotatable bonds is 3. The van der Waals surface area contributed by atoms with Crippen molar-refractivity contribution in [3.63, 3.8) is 0 Å². The number of benzene rings is 1. The summed E-state index contributed by atoms with van der Waals surface area (Å²) in [6.45, 7) is 0. The summed E-state index contributed by atoms with van der Waals surface area (Å²) < 4.78 is 5.83. The molecule has 0 radical (unpaired) electrons. The van der Waals surface area contributed by atoms with Crippen molar-refractivity contribution in [2.24, 2.45) is 5.73 Å². The number of aromatic nitrogens is 2. The fourth-order valence-corrected chi connectivity index (χ4v) is 4.69. The highest BCUT2D eigenvalue weighted by atomic mass is 32.1. The summed E-state index contributed by atoms with van der Waals surface area (Å²) >= 11 is 6.41. The summed E-state index contributed by atoms with van der Waals surface area (Å²) in [6.07, 6.45) is 1.85. The standard InChI is InChI=1S/C19H17N5O2S2/c1-26-11-5-2-4-10(8-11)15-12(9-20)17(21)24(18-22-23-19(27)28-18)13-6-3-7-14(25)16(13)15/h2,4-5,8,15H,3,6-7,21H2,1H3,(H,23,27). The van der Waals surface area contributed by atoms with E-state index in [4.69, 9.17) is 22.7 Å². The monoisotopic (exact) mass is 411 g/mol. The van der Waals surface area contributed by atoms with E-state index in [-0.39, 0.29) is 11.6 Å². The molecule has 4 rings (SSSR count). The third kappa shape index (κ3) is 2.91. The molecule has 0 spiro atoms. The number of ether oxygens (including phenoxy) is 1. The normalized spacial score (nSPS) is 19.5. The van der Waals surface area contributed by atoms with Gasteiger partial charge in [-0.2, -0.15) is 5.26 Å². The summed E-state index contributed by atoms with van der Waals surface area (Å²) in [5.74, 6) is 0.442. The lowest BCUT2D eigenvalue weighted by Crippen LogP contribution is -2.38. The average Bonchev–Trinajstić information content (AvgIpc) is 3.13. The van der Waals surface area contributed by atoms with Crippen molar-refractivity contribution in [2.45, 2.75) is 25.2 Å². The Balaban J connectivity index is 1.97. The lowest BCUT2D eigenvalue weighted by Gasteiger charge is -2.38. The minimum Gasteiger partial charge on any atom is -0.497 e. The van der Waals surface area contributed by atoms with E-state index in [2.05, 4.69) is 16.3 Å². The largest absolute Gasteiger partial charge is 0.497 e. The minimum absolute atomic E-state index is 0.0263. The van der Waals surface area contributed by atoms with E-state index in [0.29, 0.717) is 38.8 Å². The molecule has 1 aromatic heterocycles. The van der Waals surface area contributed by atoms with E-state index < -0.39 is 5.92 Å². The topological polar surface area (TPSA) is 108 Å². The Bertz CT molecular complexity index is 1120.